The molecule has 0 aliphatic carbocycles. The van der Waals surface area contributed by atoms with Crippen LogP contribution in [0.3, 0.4) is 0 Å². The Morgan fingerprint density at radius 2 is 2.11 bits per heavy atom. The molecular weight excluding hydrogens is 250 g/mol. The fourth-order valence-corrected chi connectivity index (χ4v) is 1.76. The SMILES string of the molecule is CCNc1nc(C)c([N+](=O)[O-])c(N(CC)CCO)n1. The maximum atomic E-state index is 11.2. The van der Waals surface area contributed by atoms with Crippen molar-refractivity contribution in [3.05, 3.63) is 15.8 Å². The Kier molecular flexibility index (Phi) is 5.43. The van der Waals surface area contributed by atoms with Gasteiger partial charge in [0.05, 0.1) is 11.5 Å². The normalized spacial score (nSPS) is 10.3. The molecule has 1 aromatic heterocycles. The third-order valence-corrected chi connectivity index (χ3v) is 2.61. The van der Waals surface area contributed by atoms with E-state index >= 15 is 0 Å². The minimum Gasteiger partial charge on any atom is -0.395 e. The molecule has 0 unspecified atom stereocenters. The van der Waals surface area contributed by atoms with Crippen molar-refractivity contribution >= 4 is 17.5 Å². The Morgan fingerprint density at radius 1 is 1.42 bits per heavy atom. The van der Waals surface area contributed by atoms with Crippen LogP contribution in [-0.2, 0) is 0 Å². The number of rotatable bonds is 7. The monoisotopic (exact) mass is 269 g/mol. The first-order valence-corrected chi connectivity index (χ1v) is 6.17. The van der Waals surface area contributed by atoms with E-state index in [0.717, 1.165) is 0 Å². The van der Waals surface area contributed by atoms with Crippen molar-refractivity contribution < 1.29 is 10.0 Å². The van der Waals surface area contributed by atoms with E-state index in [1.165, 1.54) is 0 Å². The van der Waals surface area contributed by atoms with Crippen LogP contribution in [-0.4, -0.2) is 46.2 Å². The number of aromatic nitrogens is 2. The summed E-state index contributed by atoms with van der Waals surface area (Å²) < 4.78 is 0. The lowest BCUT2D eigenvalue weighted by Crippen LogP contribution is -2.28. The van der Waals surface area contributed by atoms with Gasteiger partial charge in [0.1, 0.15) is 5.69 Å². The van der Waals surface area contributed by atoms with Gasteiger partial charge in [0.2, 0.25) is 11.8 Å². The second-order valence-corrected chi connectivity index (χ2v) is 3.90. The van der Waals surface area contributed by atoms with Gasteiger partial charge in [-0.15, -0.1) is 0 Å². The molecule has 0 saturated heterocycles. The van der Waals surface area contributed by atoms with Crippen LogP contribution >= 0.6 is 0 Å². The highest BCUT2D eigenvalue weighted by molar-refractivity contribution is 5.62. The first kappa shape index (κ1) is 15.1. The molecular formula is C11H19N5O3. The Hall–Kier alpha value is -1.96. The molecule has 0 aromatic carbocycles. The number of nitro groups is 1. The third-order valence-electron chi connectivity index (χ3n) is 2.61. The molecule has 19 heavy (non-hydrogen) atoms. The minimum atomic E-state index is -0.486. The molecule has 0 fully saturated rings. The predicted molar refractivity (Wildman–Crippen MR) is 72.6 cm³/mol. The van der Waals surface area contributed by atoms with E-state index in [9.17, 15) is 10.1 Å². The average molecular weight is 269 g/mol. The van der Waals surface area contributed by atoms with Gasteiger partial charge in [-0.2, -0.15) is 4.98 Å². The van der Waals surface area contributed by atoms with Crippen LogP contribution in [0.4, 0.5) is 17.5 Å². The fraction of sp³-hybridized carbons (Fsp3) is 0.636. The largest absolute Gasteiger partial charge is 0.395 e. The Balaban J connectivity index is 3.33. The van der Waals surface area contributed by atoms with E-state index in [1.54, 1.807) is 11.8 Å². The summed E-state index contributed by atoms with van der Waals surface area (Å²) in [5, 5.41) is 23.1. The van der Waals surface area contributed by atoms with Crippen LogP contribution < -0.4 is 10.2 Å². The van der Waals surface area contributed by atoms with Gasteiger partial charge in [-0.05, 0) is 20.8 Å². The zero-order valence-corrected chi connectivity index (χ0v) is 11.4. The number of anilines is 2. The lowest BCUT2D eigenvalue weighted by Gasteiger charge is -2.21. The summed E-state index contributed by atoms with van der Waals surface area (Å²) in [6.45, 7) is 6.67. The molecule has 8 nitrogen and oxygen atoms in total. The van der Waals surface area contributed by atoms with E-state index in [4.69, 9.17) is 5.11 Å². The van der Waals surface area contributed by atoms with Crippen LogP contribution in [0.15, 0.2) is 0 Å². The Morgan fingerprint density at radius 3 is 2.58 bits per heavy atom. The zero-order chi connectivity index (χ0) is 14.4. The standard InChI is InChI=1S/C11H19N5O3/c1-4-12-11-13-8(3)9(16(18)19)10(14-11)15(5-2)6-7-17/h17H,4-7H2,1-3H3,(H,12,13,14). The van der Waals surface area contributed by atoms with Crippen molar-refractivity contribution in [1.29, 1.82) is 0 Å². The molecule has 2 N–H and O–H groups in total. The fourth-order valence-electron chi connectivity index (χ4n) is 1.76. The van der Waals surface area contributed by atoms with Gasteiger partial charge in [0.15, 0.2) is 0 Å². The Bertz CT molecular complexity index is 452. The lowest BCUT2D eigenvalue weighted by molar-refractivity contribution is -0.385. The van der Waals surface area contributed by atoms with Crippen LogP contribution in [0, 0.1) is 17.0 Å². The number of nitrogens with zero attached hydrogens (tertiary/aromatic N) is 4. The molecule has 1 aromatic rings. The first-order valence-electron chi connectivity index (χ1n) is 6.17. The molecule has 8 heteroatoms. The zero-order valence-electron chi connectivity index (χ0n) is 11.4. The molecule has 0 bridgehead atoms. The third kappa shape index (κ3) is 3.50. The topological polar surface area (TPSA) is 104 Å². The van der Waals surface area contributed by atoms with Gasteiger partial charge in [0, 0.05) is 19.6 Å². The van der Waals surface area contributed by atoms with Crippen LogP contribution in [0.25, 0.3) is 0 Å². The smallest absolute Gasteiger partial charge is 0.332 e. The summed E-state index contributed by atoms with van der Waals surface area (Å²) in [6, 6.07) is 0. The van der Waals surface area contributed by atoms with Crippen molar-refractivity contribution in [3.8, 4) is 0 Å². The molecule has 0 aliphatic rings. The summed E-state index contributed by atoms with van der Waals surface area (Å²) in [4.78, 5) is 20.6. The van der Waals surface area contributed by atoms with Crippen molar-refractivity contribution in [2.24, 2.45) is 0 Å². The second kappa shape index (κ2) is 6.83. The van der Waals surface area contributed by atoms with E-state index in [-0.39, 0.29) is 18.1 Å². The molecule has 0 atom stereocenters. The summed E-state index contributed by atoms with van der Waals surface area (Å²) in [7, 11) is 0. The summed E-state index contributed by atoms with van der Waals surface area (Å²) in [5.74, 6) is 0.599. The number of nitrogens with one attached hydrogen (secondary N) is 1. The van der Waals surface area contributed by atoms with Crippen LogP contribution in [0.1, 0.15) is 19.5 Å². The number of aliphatic hydroxyl groups excluding tert-OH is 1. The minimum absolute atomic E-state index is 0.0927. The summed E-state index contributed by atoms with van der Waals surface area (Å²) in [5.41, 5.74) is 0.194. The van der Waals surface area contributed by atoms with E-state index in [2.05, 4.69) is 15.3 Å². The van der Waals surface area contributed by atoms with E-state index < -0.39 is 4.92 Å². The molecule has 0 radical (unpaired) electrons. The Labute approximate surface area is 111 Å². The van der Waals surface area contributed by atoms with Gasteiger partial charge in [-0.1, -0.05) is 0 Å². The molecule has 0 saturated carbocycles. The molecule has 1 rings (SSSR count). The molecule has 0 amide bonds. The number of aliphatic hydroxyl groups is 1. The summed E-state index contributed by atoms with van der Waals surface area (Å²) in [6.07, 6.45) is 0. The van der Waals surface area contributed by atoms with Crippen molar-refractivity contribution in [3.63, 3.8) is 0 Å². The molecule has 0 aliphatic heterocycles. The maximum absolute atomic E-state index is 11.2. The predicted octanol–water partition coefficient (Wildman–Crippen LogP) is 0.944. The van der Waals surface area contributed by atoms with Crippen LogP contribution in [0.2, 0.25) is 0 Å². The van der Waals surface area contributed by atoms with Gasteiger partial charge in [-0.25, -0.2) is 4.98 Å². The van der Waals surface area contributed by atoms with Crippen molar-refractivity contribution in [2.45, 2.75) is 20.8 Å². The highest BCUT2D eigenvalue weighted by Gasteiger charge is 2.25. The van der Waals surface area contributed by atoms with E-state index in [1.807, 2.05) is 13.8 Å². The van der Waals surface area contributed by atoms with E-state index in [0.29, 0.717) is 31.3 Å². The molecule has 0 spiro atoms. The van der Waals surface area contributed by atoms with Gasteiger partial charge in [-0.3, -0.25) is 10.1 Å². The number of aryl methyl sites for hydroxylation is 1. The highest BCUT2D eigenvalue weighted by atomic mass is 16.6. The van der Waals surface area contributed by atoms with Gasteiger partial charge < -0.3 is 15.3 Å². The number of likely N-dealkylation sites (N-methyl/N-ethyl adjacent to an activating group) is 1. The van der Waals surface area contributed by atoms with Crippen molar-refractivity contribution in [2.75, 3.05) is 36.5 Å². The molecule has 106 valence electrons. The lowest BCUT2D eigenvalue weighted by atomic mass is 10.3. The second-order valence-electron chi connectivity index (χ2n) is 3.90. The highest BCUT2D eigenvalue weighted by Crippen LogP contribution is 2.29. The van der Waals surface area contributed by atoms with Gasteiger partial charge >= 0.3 is 5.69 Å². The maximum Gasteiger partial charge on any atom is 0.332 e. The average Bonchev–Trinajstić information content (AvgIpc) is 2.35. The summed E-state index contributed by atoms with van der Waals surface area (Å²) >= 11 is 0. The van der Waals surface area contributed by atoms with Gasteiger partial charge in [0.25, 0.3) is 0 Å². The van der Waals surface area contributed by atoms with Crippen LogP contribution in [0.5, 0.6) is 0 Å². The number of hydrogen-bond donors (Lipinski definition) is 2. The first-order chi connectivity index (χ1) is 9.04. The van der Waals surface area contributed by atoms with Crippen molar-refractivity contribution in [1.82, 2.24) is 9.97 Å². The number of hydrogen-bond acceptors (Lipinski definition) is 7. The molecule has 1 heterocycles. The quantitative estimate of drug-likeness (QED) is 0.560.